The van der Waals surface area contributed by atoms with Gasteiger partial charge in [-0.3, -0.25) is 0 Å². The number of aliphatic carboxylic acids is 1. The Morgan fingerprint density at radius 1 is 1.42 bits per heavy atom. The van der Waals surface area contributed by atoms with E-state index in [1.54, 1.807) is 19.1 Å². The van der Waals surface area contributed by atoms with E-state index in [9.17, 15) is 18.0 Å². The molecule has 3 N–H and O–H groups in total. The van der Waals surface area contributed by atoms with Gasteiger partial charge >= 0.3 is 18.1 Å². The van der Waals surface area contributed by atoms with Crippen LogP contribution in [0.3, 0.4) is 0 Å². The van der Waals surface area contributed by atoms with Gasteiger partial charge < -0.3 is 20.0 Å². The molecule has 9 heteroatoms. The number of hydrogen-bond donors (Lipinski definition) is 2. The number of ether oxygens (including phenoxy) is 1. The van der Waals surface area contributed by atoms with Crippen molar-refractivity contribution in [2.45, 2.75) is 19.1 Å². The van der Waals surface area contributed by atoms with E-state index in [1.165, 1.54) is 7.11 Å². The molecule has 0 aliphatic rings. The lowest BCUT2D eigenvalue weighted by Gasteiger charge is -1.98. The van der Waals surface area contributed by atoms with Crippen molar-refractivity contribution < 1.29 is 37.0 Å². The molecule has 0 amide bonds. The number of furan rings is 1. The lowest BCUT2D eigenvalue weighted by atomic mass is 10.3. The molecule has 108 valence electrons. The molecule has 0 aliphatic carbocycles. The molecule has 0 bridgehead atoms. The van der Waals surface area contributed by atoms with E-state index in [2.05, 4.69) is 4.74 Å². The highest BCUT2D eigenvalue weighted by atomic mass is 19.4. The molecule has 1 rings (SSSR count). The molecular formula is C10H12F3NO5. The fourth-order valence-electron chi connectivity index (χ4n) is 0.808. The first-order chi connectivity index (χ1) is 8.59. The fraction of sp³-hybridized carbons (Fsp3) is 0.400. The van der Waals surface area contributed by atoms with Crippen LogP contribution in [-0.2, 0) is 9.53 Å². The van der Waals surface area contributed by atoms with Gasteiger partial charge in [-0.25, -0.2) is 9.59 Å². The summed E-state index contributed by atoms with van der Waals surface area (Å²) in [7, 11) is 1.30. The van der Waals surface area contributed by atoms with Crippen molar-refractivity contribution in [2.75, 3.05) is 7.11 Å². The SMILES string of the molecule is COC(=O)c1ccc([C@@H](C)N)o1.O=C(O)C(F)(F)F. The minimum absolute atomic E-state index is 0.185. The molecule has 1 aromatic heterocycles. The van der Waals surface area contributed by atoms with Crippen molar-refractivity contribution in [1.82, 2.24) is 0 Å². The summed E-state index contributed by atoms with van der Waals surface area (Å²) < 4.78 is 41.3. The second kappa shape index (κ2) is 6.78. The smallest absolute Gasteiger partial charge is 0.475 e. The summed E-state index contributed by atoms with van der Waals surface area (Å²) in [5.41, 5.74) is 5.52. The van der Waals surface area contributed by atoms with E-state index < -0.39 is 18.1 Å². The molecule has 1 heterocycles. The molecular weight excluding hydrogens is 271 g/mol. The minimum Gasteiger partial charge on any atom is -0.475 e. The van der Waals surface area contributed by atoms with Crippen LogP contribution in [0.5, 0.6) is 0 Å². The Kier molecular flexibility index (Phi) is 6.06. The molecule has 1 atom stereocenters. The third kappa shape index (κ3) is 5.91. The number of carbonyl (C=O) groups excluding carboxylic acids is 1. The number of esters is 1. The molecule has 19 heavy (non-hydrogen) atoms. The lowest BCUT2D eigenvalue weighted by molar-refractivity contribution is -0.192. The quantitative estimate of drug-likeness (QED) is 0.801. The largest absolute Gasteiger partial charge is 0.490 e. The van der Waals surface area contributed by atoms with E-state index >= 15 is 0 Å². The Morgan fingerprint density at radius 2 is 1.89 bits per heavy atom. The van der Waals surface area contributed by atoms with Crippen LogP contribution in [0.2, 0.25) is 0 Å². The number of alkyl halides is 3. The van der Waals surface area contributed by atoms with Crippen molar-refractivity contribution in [1.29, 1.82) is 0 Å². The van der Waals surface area contributed by atoms with Gasteiger partial charge in [0.05, 0.1) is 13.2 Å². The van der Waals surface area contributed by atoms with Crippen LogP contribution < -0.4 is 5.73 Å². The van der Waals surface area contributed by atoms with Crippen molar-refractivity contribution in [3.05, 3.63) is 23.7 Å². The first-order valence-corrected chi connectivity index (χ1v) is 4.83. The maximum Gasteiger partial charge on any atom is 0.490 e. The summed E-state index contributed by atoms with van der Waals surface area (Å²) in [5.74, 6) is -2.48. The van der Waals surface area contributed by atoms with E-state index in [0.29, 0.717) is 5.76 Å². The van der Waals surface area contributed by atoms with Crippen molar-refractivity contribution >= 4 is 11.9 Å². The van der Waals surface area contributed by atoms with Gasteiger partial charge in [-0.15, -0.1) is 0 Å². The Labute approximate surface area is 105 Å². The molecule has 0 spiro atoms. The Balaban J connectivity index is 0.000000399. The lowest BCUT2D eigenvalue weighted by Crippen LogP contribution is -2.21. The van der Waals surface area contributed by atoms with Crippen LogP contribution in [0.4, 0.5) is 13.2 Å². The van der Waals surface area contributed by atoms with Gasteiger partial charge in [-0.05, 0) is 19.1 Å². The second-order valence-corrected chi connectivity index (χ2v) is 3.29. The third-order valence-electron chi connectivity index (χ3n) is 1.70. The van der Waals surface area contributed by atoms with E-state index in [-0.39, 0.29) is 11.8 Å². The molecule has 0 aliphatic heterocycles. The predicted molar refractivity (Wildman–Crippen MR) is 56.3 cm³/mol. The van der Waals surface area contributed by atoms with Gasteiger partial charge in [0.2, 0.25) is 5.76 Å². The molecule has 0 radical (unpaired) electrons. The monoisotopic (exact) mass is 283 g/mol. The van der Waals surface area contributed by atoms with Gasteiger partial charge in [0, 0.05) is 0 Å². The summed E-state index contributed by atoms with van der Waals surface area (Å²) >= 11 is 0. The first kappa shape index (κ1) is 17.0. The number of nitrogens with two attached hydrogens (primary N) is 1. The zero-order chi connectivity index (χ0) is 15.2. The molecule has 6 nitrogen and oxygen atoms in total. The van der Waals surface area contributed by atoms with Gasteiger partial charge in [0.15, 0.2) is 0 Å². The van der Waals surface area contributed by atoms with Gasteiger partial charge in [0.1, 0.15) is 5.76 Å². The van der Waals surface area contributed by atoms with E-state index in [4.69, 9.17) is 20.1 Å². The number of hydrogen-bond acceptors (Lipinski definition) is 5. The summed E-state index contributed by atoms with van der Waals surface area (Å²) in [6, 6.07) is 3.00. The van der Waals surface area contributed by atoms with Crippen LogP contribution in [0.25, 0.3) is 0 Å². The van der Waals surface area contributed by atoms with Crippen LogP contribution in [-0.4, -0.2) is 30.3 Å². The van der Waals surface area contributed by atoms with E-state index in [0.717, 1.165) is 0 Å². The second-order valence-electron chi connectivity index (χ2n) is 3.29. The van der Waals surface area contributed by atoms with E-state index in [1.807, 2.05) is 0 Å². The number of carboxylic acids is 1. The van der Waals surface area contributed by atoms with Crippen molar-refractivity contribution in [2.24, 2.45) is 5.73 Å². The normalized spacial score (nSPS) is 12.1. The number of carbonyl (C=O) groups is 2. The number of carboxylic acid groups (broad SMARTS) is 1. The zero-order valence-electron chi connectivity index (χ0n) is 10.0. The minimum atomic E-state index is -5.08. The average molecular weight is 283 g/mol. The molecule has 0 fully saturated rings. The number of rotatable bonds is 2. The van der Waals surface area contributed by atoms with Crippen LogP contribution in [0.15, 0.2) is 16.5 Å². The Bertz CT molecular complexity index is 439. The highest BCUT2D eigenvalue weighted by Gasteiger charge is 2.38. The molecule has 0 unspecified atom stereocenters. The highest BCUT2D eigenvalue weighted by Crippen LogP contribution is 2.14. The topological polar surface area (TPSA) is 103 Å². The van der Waals surface area contributed by atoms with Crippen LogP contribution in [0, 0.1) is 0 Å². The Hall–Kier alpha value is -2.03. The maximum atomic E-state index is 10.9. The van der Waals surface area contributed by atoms with Gasteiger partial charge in [0.25, 0.3) is 0 Å². The van der Waals surface area contributed by atoms with Crippen LogP contribution >= 0.6 is 0 Å². The van der Waals surface area contributed by atoms with Gasteiger partial charge in [-0.2, -0.15) is 13.2 Å². The van der Waals surface area contributed by atoms with Crippen LogP contribution in [0.1, 0.15) is 29.3 Å². The van der Waals surface area contributed by atoms with Crippen molar-refractivity contribution in [3.63, 3.8) is 0 Å². The molecule has 1 aromatic rings. The summed E-state index contributed by atoms with van der Waals surface area (Å²) in [5, 5.41) is 7.12. The number of methoxy groups -OCH3 is 1. The average Bonchev–Trinajstić information content (AvgIpc) is 2.76. The Morgan fingerprint density at radius 3 is 2.16 bits per heavy atom. The molecule has 0 aromatic carbocycles. The van der Waals surface area contributed by atoms with Crippen molar-refractivity contribution in [3.8, 4) is 0 Å². The fourth-order valence-corrected chi connectivity index (χ4v) is 0.808. The summed E-state index contributed by atoms with van der Waals surface area (Å²) in [6.07, 6.45) is -5.08. The molecule has 0 saturated heterocycles. The first-order valence-electron chi connectivity index (χ1n) is 4.83. The predicted octanol–water partition coefficient (Wildman–Crippen LogP) is 1.72. The zero-order valence-corrected chi connectivity index (χ0v) is 10.0. The van der Waals surface area contributed by atoms with Gasteiger partial charge in [-0.1, -0.05) is 0 Å². The summed E-state index contributed by atoms with van der Waals surface area (Å²) in [4.78, 5) is 19.8. The third-order valence-corrected chi connectivity index (χ3v) is 1.70. The summed E-state index contributed by atoms with van der Waals surface area (Å²) in [6.45, 7) is 1.78. The molecule has 0 saturated carbocycles. The highest BCUT2D eigenvalue weighted by molar-refractivity contribution is 5.86. The maximum absolute atomic E-state index is 10.9. The standard InChI is InChI=1S/C8H11NO3.C2HF3O2/c1-5(9)6-3-4-7(12-6)8(10)11-2;3-2(4,5)1(6)7/h3-5H,9H2,1-2H3;(H,6,7)/t5-;/m1./s1. The number of halogens is 3.